The number of primary amides is 1. The maximum atomic E-state index is 10.9. The van der Waals surface area contributed by atoms with Gasteiger partial charge in [0.2, 0.25) is 0 Å². The van der Waals surface area contributed by atoms with Gasteiger partial charge in [0.05, 0.1) is 0 Å². The Morgan fingerprint density at radius 3 is 2.56 bits per heavy atom. The minimum atomic E-state index is -0.366. The minimum Gasteiger partial charge on any atom is -0.460 e. The Bertz CT molecular complexity index is 349. The van der Waals surface area contributed by atoms with Gasteiger partial charge in [-0.2, -0.15) is 0 Å². The number of rotatable bonds is 2. The summed E-state index contributed by atoms with van der Waals surface area (Å²) in [6.07, 6.45) is 4.88. The molecule has 1 saturated heterocycles. The molecule has 2 amide bonds. The predicted octanol–water partition coefficient (Wildman–Crippen LogP) is 0.398. The highest BCUT2D eigenvalue weighted by Gasteiger charge is 2.22. The topological polar surface area (TPSA) is 81.3 Å². The lowest BCUT2D eigenvalue weighted by atomic mass is 10.1. The third-order valence-electron chi connectivity index (χ3n) is 2.57. The normalized spacial score (nSPS) is 17.1. The van der Waals surface area contributed by atoms with Crippen LogP contribution in [0.1, 0.15) is 12.8 Å². The first kappa shape index (κ1) is 10.7. The van der Waals surface area contributed by atoms with Crippen LogP contribution >= 0.6 is 0 Å². The Labute approximate surface area is 93.4 Å². The van der Waals surface area contributed by atoms with Crippen molar-refractivity contribution in [1.82, 2.24) is 14.9 Å². The van der Waals surface area contributed by atoms with Crippen LogP contribution in [0.4, 0.5) is 4.79 Å². The molecule has 0 bridgehead atoms. The van der Waals surface area contributed by atoms with E-state index in [2.05, 4.69) is 9.97 Å². The Morgan fingerprint density at radius 1 is 1.38 bits per heavy atom. The van der Waals surface area contributed by atoms with Gasteiger partial charge in [0, 0.05) is 38.3 Å². The minimum absolute atomic E-state index is 0.0676. The Hall–Kier alpha value is -1.85. The Morgan fingerprint density at radius 2 is 2.00 bits per heavy atom. The molecule has 86 valence electrons. The van der Waals surface area contributed by atoms with Crippen molar-refractivity contribution < 1.29 is 9.53 Å². The maximum absolute atomic E-state index is 10.9. The number of aromatic nitrogens is 2. The zero-order chi connectivity index (χ0) is 11.4. The summed E-state index contributed by atoms with van der Waals surface area (Å²) in [5.74, 6) is 0. The highest BCUT2D eigenvalue weighted by Crippen LogP contribution is 2.14. The molecule has 2 heterocycles. The molecule has 1 fully saturated rings. The molecule has 0 aromatic carbocycles. The molecular formula is C10H14N4O2. The van der Waals surface area contributed by atoms with Crippen molar-refractivity contribution in [1.29, 1.82) is 0 Å². The van der Waals surface area contributed by atoms with Gasteiger partial charge in [-0.1, -0.05) is 0 Å². The van der Waals surface area contributed by atoms with Gasteiger partial charge < -0.3 is 15.4 Å². The van der Waals surface area contributed by atoms with Crippen LogP contribution in [0.3, 0.4) is 0 Å². The second-order valence-corrected chi connectivity index (χ2v) is 3.67. The van der Waals surface area contributed by atoms with Crippen LogP contribution in [0.25, 0.3) is 0 Å². The molecule has 6 heteroatoms. The Kier molecular flexibility index (Phi) is 3.19. The average Bonchev–Trinajstić information content (AvgIpc) is 2.31. The average molecular weight is 222 g/mol. The Balaban J connectivity index is 1.84. The van der Waals surface area contributed by atoms with E-state index < -0.39 is 0 Å². The van der Waals surface area contributed by atoms with Crippen LogP contribution in [-0.4, -0.2) is 40.1 Å². The molecular weight excluding hydrogens is 208 g/mol. The number of urea groups is 1. The standard InChI is InChI=1S/C10H14N4O2/c11-9(15)14-6-2-8(3-7-14)16-10-12-4-1-5-13-10/h1,4-5,8H,2-3,6-7H2,(H2,11,15). The summed E-state index contributed by atoms with van der Waals surface area (Å²) in [5.41, 5.74) is 5.19. The number of ether oxygens (including phenoxy) is 1. The quantitative estimate of drug-likeness (QED) is 0.785. The number of carbonyl (C=O) groups is 1. The number of carbonyl (C=O) groups excluding carboxylic acids is 1. The van der Waals surface area contributed by atoms with Gasteiger partial charge >= 0.3 is 12.0 Å². The van der Waals surface area contributed by atoms with Crippen molar-refractivity contribution >= 4 is 6.03 Å². The van der Waals surface area contributed by atoms with Crippen LogP contribution < -0.4 is 10.5 Å². The third-order valence-corrected chi connectivity index (χ3v) is 2.57. The molecule has 0 spiro atoms. The van der Waals surface area contributed by atoms with Crippen molar-refractivity contribution in [2.45, 2.75) is 18.9 Å². The van der Waals surface area contributed by atoms with Crippen molar-refractivity contribution in [3.05, 3.63) is 18.5 Å². The zero-order valence-electron chi connectivity index (χ0n) is 8.87. The first-order valence-corrected chi connectivity index (χ1v) is 5.24. The number of hydrogen-bond donors (Lipinski definition) is 1. The maximum Gasteiger partial charge on any atom is 0.316 e. The van der Waals surface area contributed by atoms with Crippen molar-refractivity contribution in [2.24, 2.45) is 5.73 Å². The fourth-order valence-corrected chi connectivity index (χ4v) is 1.69. The molecule has 0 atom stereocenters. The summed E-state index contributed by atoms with van der Waals surface area (Å²) < 4.78 is 5.58. The smallest absolute Gasteiger partial charge is 0.316 e. The molecule has 2 N–H and O–H groups in total. The molecule has 1 aliphatic rings. The summed E-state index contributed by atoms with van der Waals surface area (Å²) in [7, 11) is 0. The molecule has 16 heavy (non-hydrogen) atoms. The van der Waals surface area contributed by atoms with Gasteiger partial charge in [-0.15, -0.1) is 0 Å². The first-order valence-electron chi connectivity index (χ1n) is 5.24. The van der Waals surface area contributed by atoms with Crippen LogP contribution in [0, 0.1) is 0 Å². The van der Waals surface area contributed by atoms with Crippen molar-refractivity contribution in [2.75, 3.05) is 13.1 Å². The third kappa shape index (κ3) is 2.59. The van der Waals surface area contributed by atoms with E-state index in [4.69, 9.17) is 10.5 Å². The van der Waals surface area contributed by atoms with E-state index in [1.54, 1.807) is 23.4 Å². The van der Waals surface area contributed by atoms with Crippen LogP contribution in [0.5, 0.6) is 6.01 Å². The summed E-state index contributed by atoms with van der Waals surface area (Å²) in [6.45, 7) is 1.26. The first-order chi connectivity index (χ1) is 7.75. The van der Waals surface area contributed by atoms with E-state index in [1.807, 2.05) is 0 Å². The SMILES string of the molecule is NC(=O)N1CCC(Oc2ncccn2)CC1. The summed E-state index contributed by atoms with van der Waals surface area (Å²) in [5, 5.41) is 0. The lowest BCUT2D eigenvalue weighted by molar-refractivity contribution is 0.106. The van der Waals surface area contributed by atoms with Gasteiger partial charge in [0.15, 0.2) is 0 Å². The van der Waals surface area contributed by atoms with E-state index in [0.717, 1.165) is 12.8 Å². The van der Waals surface area contributed by atoms with Gasteiger partial charge in [-0.3, -0.25) is 0 Å². The van der Waals surface area contributed by atoms with Crippen molar-refractivity contribution in [3.63, 3.8) is 0 Å². The van der Waals surface area contributed by atoms with E-state index in [-0.39, 0.29) is 12.1 Å². The van der Waals surface area contributed by atoms with E-state index in [9.17, 15) is 4.79 Å². The van der Waals surface area contributed by atoms with E-state index in [0.29, 0.717) is 19.1 Å². The summed E-state index contributed by atoms with van der Waals surface area (Å²) in [4.78, 5) is 20.5. The fraction of sp³-hybridized carbons (Fsp3) is 0.500. The van der Waals surface area contributed by atoms with Crippen LogP contribution in [0.2, 0.25) is 0 Å². The second kappa shape index (κ2) is 4.78. The lowest BCUT2D eigenvalue weighted by Crippen LogP contribution is -2.44. The van der Waals surface area contributed by atoms with E-state index >= 15 is 0 Å². The molecule has 1 aromatic rings. The summed E-state index contributed by atoms with van der Waals surface area (Å²) in [6, 6.07) is 1.76. The number of nitrogens with two attached hydrogens (primary N) is 1. The second-order valence-electron chi connectivity index (χ2n) is 3.67. The largest absolute Gasteiger partial charge is 0.460 e. The zero-order valence-corrected chi connectivity index (χ0v) is 8.87. The van der Waals surface area contributed by atoms with Gasteiger partial charge in [0.1, 0.15) is 6.10 Å². The molecule has 0 aliphatic carbocycles. The molecule has 0 unspecified atom stereocenters. The van der Waals surface area contributed by atoms with E-state index in [1.165, 1.54) is 0 Å². The van der Waals surface area contributed by atoms with Crippen molar-refractivity contribution in [3.8, 4) is 6.01 Å². The number of likely N-dealkylation sites (tertiary alicyclic amines) is 1. The number of nitrogens with zero attached hydrogens (tertiary/aromatic N) is 3. The van der Waals surface area contributed by atoms with Gasteiger partial charge in [-0.25, -0.2) is 14.8 Å². The molecule has 2 rings (SSSR count). The number of amides is 2. The number of hydrogen-bond acceptors (Lipinski definition) is 4. The van der Waals surface area contributed by atoms with Gasteiger partial charge in [0.25, 0.3) is 0 Å². The molecule has 0 radical (unpaired) electrons. The van der Waals surface area contributed by atoms with Crippen LogP contribution in [0.15, 0.2) is 18.5 Å². The highest BCUT2D eigenvalue weighted by atomic mass is 16.5. The fourth-order valence-electron chi connectivity index (χ4n) is 1.69. The van der Waals surface area contributed by atoms with Crippen LogP contribution in [-0.2, 0) is 0 Å². The predicted molar refractivity (Wildman–Crippen MR) is 56.8 cm³/mol. The monoisotopic (exact) mass is 222 g/mol. The molecule has 6 nitrogen and oxygen atoms in total. The molecule has 1 aliphatic heterocycles. The van der Waals surface area contributed by atoms with Gasteiger partial charge in [-0.05, 0) is 6.07 Å². The lowest BCUT2D eigenvalue weighted by Gasteiger charge is -2.30. The number of piperidine rings is 1. The highest BCUT2D eigenvalue weighted by molar-refractivity contribution is 5.72. The summed E-state index contributed by atoms with van der Waals surface area (Å²) >= 11 is 0. The molecule has 1 aromatic heterocycles. The molecule has 0 saturated carbocycles.